The lowest BCUT2D eigenvalue weighted by atomic mass is 10.1. The Balaban J connectivity index is 4.22. The topological polar surface area (TPSA) is 63.6 Å². The second kappa shape index (κ2) is 11.9. The molecule has 0 amide bonds. The average molecular weight is 326 g/mol. The number of nitrogens with zero attached hydrogens (tertiary/aromatic N) is 1. The molecule has 0 rings (SSSR count). The van der Waals surface area contributed by atoms with E-state index in [1.54, 1.807) is 6.08 Å². The van der Waals surface area contributed by atoms with Gasteiger partial charge in [-0.05, 0) is 12.8 Å². The van der Waals surface area contributed by atoms with Crippen LogP contribution >= 0.6 is 0 Å². The number of likely N-dealkylation sites (N-methyl/N-ethyl adjacent to an activating group) is 1. The number of carboxylic acids is 1. The molecule has 0 heterocycles. The summed E-state index contributed by atoms with van der Waals surface area (Å²) < 4.78 is 5.78. The van der Waals surface area contributed by atoms with Gasteiger partial charge in [0, 0.05) is 6.08 Å². The highest BCUT2D eigenvalue weighted by atomic mass is 16.5. The zero-order valence-electron chi connectivity index (χ0n) is 15.0. The summed E-state index contributed by atoms with van der Waals surface area (Å²) >= 11 is 0. The molecule has 0 aliphatic heterocycles. The number of quaternary nitrogens is 1. The molecule has 0 fully saturated rings. The third-order valence-electron chi connectivity index (χ3n) is 3.14. The van der Waals surface area contributed by atoms with Crippen molar-refractivity contribution in [3.63, 3.8) is 0 Å². The zero-order chi connectivity index (χ0) is 17.7. The SMILES string of the molecule is CCCCCC/C=C/C=C/C(=O)OC(CC(=O)O)C[N+](C)(C)C. The fraction of sp³-hybridized carbons (Fsp3) is 0.667. The number of rotatable bonds is 12. The van der Waals surface area contributed by atoms with E-state index in [0.717, 1.165) is 12.8 Å². The third-order valence-corrected chi connectivity index (χ3v) is 3.14. The number of hydrogen-bond acceptors (Lipinski definition) is 3. The van der Waals surface area contributed by atoms with Crippen LogP contribution in [0.5, 0.6) is 0 Å². The first-order valence-electron chi connectivity index (χ1n) is 8.30. The summed E-state index contributed by atoms with van der Waals surface area (Å²) in [7, 11) is 5.79. The number of hydrogen-bond donors (Lipinski definition) is 1. The molecular weight excluding hydrogens is 294 g/mol. The molecule has 1 N–H and O–H groups in total. The predicted octanol–water partition coefficient (Wildman–Crippen LogP) is 3.16. The molecule has 0 spiro atoms. The van der Waals surface area contributed by atoms with Crippen LogP contribution in [-0.4, -0.2) is 55.3 Å². The summed E-state index contributed by atoms with van der Waals surface area (Å²) in [6.45, 7) is 2.64. The summed E-state index contributed by atoms with van der Waals surface area (Å²) in [6, 6.07) is 0. The van der Waals surface area contributed by atoms with Crippen molar-refractivity contribution >= 4 is 11.9 Å². The summed E-state index contributed by atoms with van der Waals surface area (Å²) in [6.07, 6.45) is 11.9. The van der Waals surface area contributed by atoms with Crippen molar-refractivity contribution in [3.8, 4) is 0 Å². The second-order valence-corrected chi connectivity index (χ2v) is 6.77. The number of allylic oxidation sites excluding steroid dienone is 3. The first-order valence-corrected chi connectivity index (χ1v) is 8.30. The van der Waals surface area contributed by atoms with E-state index < -0.39 is 18.0 Å². The third kappa shape index (κ3) is 15.1. The highest BCUT2D eigenvalue weighted by Crippen LogP contribution is 2.06. The fourth-order valence-corrected chi connectivity index (χ4v) is 2.15. The van der Waals surface area contributed by atoms with E-state index >= 15 is 0 Å². The molecule has 0 aromatic rings. The predicted molar refractivity (Wildman–Crippen MR) is 92.1 cm³/mol. The number of unbranched alkanes of at least 4 members (excludes halogenated alkanes) is 4. The molecule has 0 radical (unpaired) electrons. The highest BCUT2D eigenvalue weighted by molar-refractivity contribution is 5.82. The Morgan fingerprint density at radius 2 is 1.83 bits per heavy atom. The van der Waals surface area contributed by atoms with Crippen LogP contribution in [0.25, 0.3) is 0 Å². The molecule has 0 aromatic carbocycles. The Morgan fingerprint density at radius 3 is 2.39 bits per heavy atom. The van der Waals surface area contributed by atoms with Crippen LogP contribution in [0.3, 0.4) is 0 Å². The van der Waals surface area contributed by atoms with Gasteiger partial charge in [0.25, 0.3) is 0 Å². The smallest absolute Gasteiger partial charge is 0.331 e. The monoisotopic (exact) mass is 326 g/mol. The molecule has 0 aliphatic rings. The zero-order valence-corrected chi connectivity index (χ0v) is 15.0. The minimum Gasteiger partial charge on any atom is -0.481 e. The van der Waals surface area contributed by atoms with Crippen LogP contribution in [0.1, 0.15) is 45.4 Å². The van der Waals surface area contributed by atoms with Crippen LogP contribution in [0.2, 0.25) is 0 Å². The van der Waals surface area contributed by atoms with Crippen LogP contribution in [-0.2, 0) is 14.3 Å². The van der Waals surface area contributed by atoms with Crippen molar-refractivity contribution in [2.45, 2.75) is 51.6 Å². The number of aliphatic carboxylic acids is 1. The minimum absolute atomic E-state index is 0.178. The van der Waals surface area contributed by atoms with E-state index in [2.05, 4.69) is 6.92 Å². The molecule has 0 saturated carbocycles. The summed E-state index contributed by atoms with van der Waals surface area (Å²) in [4.78, 5) is 22.6. The van der Waals surface area contributed by atoms with Crippen molar-refractivity contribution in [3.05, 3.63) is 24.3 Å². The molecule has 0 bridgehead atoms. The summed E-state index contributed by atoms with van der Waals surface area (Å²) in [5.41, 5.74) is 0. The first kappa shape index (κ1) is 21.4. The van der Waals surface area contributed by atoms with Gasteiger partial charge in [0.15, 0.2) is 6.10 Å². The normalized spacial score (nSPS) is 13.6. The molecule has 0 aromatic heterocycles. The van der Waals surface area contributed by atoms with Gasteiger partial charge in [-0.15, -0.1) is 0 Å². The van der Waals surface area contributed by atoms with Crippen molar-refractivity contribution < 1.29 is 23.9 Å². The maximum Gasteiger partial charge on any atom is 0.331 e. The number of carbonyl (C=O) groups is 2. The molecular formula is C18H32NO4+. The minimum atomic E-state index is -0.966. The van der Waals surface area contributed by atoms with Gasteiger partial charge in [0.1, 0.15) is 6.54 Å². The highest BCUT2D eigenvalue weighted by Gasteiger charge is 2.23. The van der Waals surface area contributed by atoms with Crippen LogP contribution in [0.15, 0.2) is 24.3 Å². The molecule has 132 valence electrons. The van der Waals surface area contributed by atoms with Gasteiger partial charge in [-0.2, -0.15) is 0 Å². The lowest BCUT2D eigenvalue weighted by molar-refractivity contribution is -0.873. The number of ether oxygens (including phenoxy) is 1. The lowest BCUT2D eigenvalue weighted by Gasteiger charge is -2.28. The fourth-order valence-electron chi connectivity index (χ4n) is 2.15. The van der Waals surface area contributed by atoms with Gasteiger partial charge < -0.3 is 14.3 Å². The van der Waals surface area contributed by atoms with Gasteiger partial charge in [-0.25, -0.2) is 4.79 Å². The Hall–Kier alpha value is -1.62. The average Bonchev–Trinajstić information content (AvgIpc) is 2.39. The van der Waals surface area contributed by atoms with E-state index in [1.165, 1.54) is 25.3 Å². The Kier molecular flexibility index (Phi) is 11.0. The van der Waals surface area contributed by atoms with Gasteiger partial charge >= 0.3 is 11.9 Å². The largest absolute Gasteiger partial charge is 0.481 e. The quantitative estimate of drug-likeness (QED) is 0.197. The van der Waals surface area contributed by atoms with Gasteiger partial charge in [0.05, 0.1) is 27.6 Å². The number of esters is 1. The molecule has 0 saturated heterocycles. The number of carboxylic acid groups (broad SMARTS) is 1. The van der Waals surface area contributed by atoms with Crippen molar-refractivity contribution in [1.82, 2.24) is 0 Å². The molecule has 23 heavy (non-hydrogen) atoms. The van der Waals surface area contributed by atoms with Gasteiger partial charge in [-0.3, -0.25) is 4.79 Å². The van der Waals surface area contributed by atoms with E-state index in [-0.39, 0.29) is 6.42 Å². The van der Waals surface area contributed by atoms with Crippen molar-refractivity contribution in [2.75, 3.05) is 27.7 Å². The molecule has 1 atom stereocenters. The van der Waals surface area contributed by atoms with Crippen molar-refractivity contribution in [2.24, 2.45) is 0 Å². The first-order chi connectivity index (χ1) is 10.7. The van der Waals surface area contributed by atoms with Crippen LogP contribution in [0.4, 0.5) is 0 Å². The van der Waals surface area contributed by atoms with E-state index in [0.29, 0.717) is 11.0 Å². The maximum atomic E-state index is 11.8. The maximum absolute atomic E-state index is 11.8. The standard InChI is InChI=1S/C18H31NO4/c1-5-6-7-8-9-10-11-12-13-18(22)23-16(14-17(20)21)15-19(2,3)4/h10-13,16H,5-9,14-15H2,1-4H3/p+1/b11-10+,13-12+. The molecule has 1 unspecified atom stereocenters. The second-order valence-electron chi connectivity index (χ2n) is 6.77. The Labute approximate surface area is 140 Å². The number of carbonyl (C=O) groups excluding carboxylic acids is 1. The van der Waals surface area contributed by atoms with E-state index in [4.69, 9.17) is 9.84 Å². The molecule has 5 nitrogen and oxygen atoms in total. The van der Waals surface area contributed by atoms with E-state index in [1.807, 2.05) is 33.3 Å². The van der Waals surface area contributed by atoms with Gasteiger partial charge in [0.2, 0.25) is 0 Å². The Morgan fingerprint density at radius 1 is 1.13 bits per heavy atom. The molecule has 0 aliphatic carbocycles. The Bertz CT molecular complexity index is 408. The van der Waals surface area contributed by atoms with Crippen LogP contribution < -0.4 is 0 Å². The summed E-state index contributed by atoms with van der Waals surface area (Å²) in [5.74, 6) is -1.47. The van der Waals surface area contributed by atoms with E-state index in [9.17, 15) is 9.59 Å². The molecule has 5 heteroatoms. The summed E-state index contributed by atoms with van der Waals surface area (Å²) in [5, 5.41) is 8.90. The van der Waals surface area contributed by atoms with Crippen molar-refractivity contribution in [1.29, 1.82) is 0 Å². The van der Waals surface area contributed by atoms with Gasteiger partial charge in [-0.1, -0.05) is 44.4 Å². The van der Waals surface area contributed by atoms with Crippen LogP contribution in [0, 0.1) is 0 Å². The lowest BCUT2D eigenvalue weighted by Crippen LogP contribution is -2.43.